The molecule has 6 nitrogen and oxygen atoms in total. The van der Waals surface area contributed by atoms with Gasteiger partial charge in [0, 0.05) is 12.2 Å². The molecule has 34 heavy (non-hydrogen) atoms. The minimum absolute atomic E-state index is 0.126. The summed E-state index contributed by atoms with van der Waals surface area (Å²) in [6.07, 6.45) is 0.830. The number of para-hydroxylation sites is 2. The highest BCUT2D eigenvalue weighted by atomic mass is 32.1. The number of nitrogens with zero attached hydrogens (tertiary/aromatic N) is 1. The van der Waals surface area contributed by atoms with Crippen LogP contribution in [0, 0.1) is 6.92 Å². The van der Waals surface area contributed by atoms with E-state index in [0.717, 1.165) is 30.0 Å². The molecule has 0 bridgehead atoms. The smallest absolute Gasteiger partial charge is 0.174 e. The van der Waals surface area contributed by atoms with Gasteiger partial charge in [0.1, 0.15) is 6.61 Å². The third kappa shape index (κ3) is 5.04. The van der Waals surface area contributed by atoms with Crippen molar-refractivity contribution in [1.29, 1.82) is 0 Å². The Morgan fingerprint density at radius 1 is 0.912 bits per heavy atom. The van der Waals surface area contributed by atoms with Crippen LogP contribution in [0.15, 0.2) is 60.7 Å². The molecule has 0 aliphatic carbocycles. The fourth-order valence-corrected chi connectivity index (χ4v) is 4.53. The first kappa shape index (κ1) is 23.7. The molecule has 0 fully saturated rings. The Labute approximate surface area is 206 Å². The largest absolute Gasteiger partial charge is 0.493 e. The predicted molar refractivity (Wildman–Crippen MR) is 139 cm³/mol. The highest BCUT2D eigenvalue weighted by Crippen LogP contribution is 2.39. The maximum Gasteiger partial charge on any atom is 0.174 e. The van der Waals surface area contributed by atoms with Gasteiger partial charge in [-0.25, -0.2) is 0 Å². The lowest BCUT2D eigenvalue weighted by Crippen LogP contribution is -2.44. The number of ether oxygens (including phenoxy) is 4. The molecule has 1 N–H and O–H groups in total. The van der Waals surface area contributed by atoms with Crippen molar-refractivity contribution in [3.05, 3.63) is 77.4 Å². The van der Waals surface area contributed by atoms with Crippen LogP contribution in [-0.2, 0) is 6.42 Å². The molecule has 1 atom stereocenters. The van der Waals surface area contributed by atoms with Crippen molar-refractivity contribution in [3.63, 3.8) is 0 Å². The lowest BCUT2D eigenvalue weighted by molar-refractivity contribution is 0.185. The van der Waals surface area contributed by atoms with Crippen molar-refractivity contribution in [2.75, 3.05) is 39.8 Å². The van der Waals surface area contributed by atoms with E-state index >= 15 is 0 Å². The molecule has 1 heterocycles. The average molecular weight is 479 g/mol. The summed E-state index contributed by atoms with van der Waals surface area (Å²) in [7, 11) is 4.94. The zero-order valence-electron chi connectivity index (χ0n) is 20.0. The van der Waals surface area contributed by atoms with Gasteiger partial charge in [-0.15, -0.1) is 0 Å². The second-order valence-electron chi connectivity index (χ2n) is 8.12. The van der Waals surface area contributed by atoms with Crippen molar-refractivity contribution in [3.8, 4) is 23.0 Å². The van der Waals surface area contributed by atoms with E-state index in [0.29, 0.717) is 29.0 Å². The van der Waals surface area contributed by atoms with Gasteiger partial charge < -0.3 is 29.2 Å². The van der Waals surface area contributed by atoms with Crippen LogP contribution in [-0.4, -0.2) is 44.5 Å². The molecule has 0 unspecified atom stereocenters. The maximum absolute atomic E-state index is 6.27. The molecule has 1 aliphatic heterocycles. The van der Waals surface area contributed by atoms with Crippen LogP contribution < -0.4 is 24.3 Å². The summed E-state index contributed by atoms with van der Waals surface area (Å²) in [4.78, 5) is 2.18. The van der Waals surface area contributed by atoms with E-state index in [9.17, 15) is 0 Å². The Hall–Kier alpha value is -3.45. The molecule has 4 rings (SSSR count). The molecule has 3 aromatic carbocycles. The Morgan fingerprint density at radius 2 is 1.56 bits per heavy atom. The van der Waals surface area contributed by atoms with Gasteiger partial charge in [-0.1, -0.05) is 29.8 Å². The van der Waals surface area contributed by atoms with Gasteiger partial charge in [-0.05, 0) is 73.1 Å². The van der Waals surface area contributed by atoms with Crippen molar-refractivity contribution in [2.45, 2.75) is 19.4 Å². The molecule has 0 saturated heterocycles. The minimum atomic E-state index is -0.126. The number of anilines is 1. The van der Waals surface area contributed by atoms with E-state index < -0.39 is 0 Å². The van der Waals surface area contributed by atoms with Gasteiger partial charge in [0.05, 0.1) is 27.4 Å². The summed E-state index contributed by atoms with van der Waals surface area (Å²) in [6, 6.07) is 19.8. The Morgan fingerprint density at radius 3 is 2.24 bits per heavy atom. The van der Waals surface area contributed by atoms with E-state index in [1.54, 1.807) is 21.3 Å². The van der Waals surface area contributed by atoms with Gasteiger partial charge in [0.2, 0.25) is 0 Å². The van der Waals surface area contributed by atoms with Gasteiger partial charge >= 0.3 is 0 Å². The molecular formula is C27H30N2O4S. The molecule has 0 saturated carbocycles. The highest BCUT2D eigenvalue weighted by Gasteiger charge is 2.31. The van der Waals surface area contributed by atoms with Crippen LogP contribution in [0.5, 0.6) is 23.0 Å². The van der Waals surface area contributed by atoms with E-state index in [4.69, 9.17) is 31.2 Å². The molecule has 7 heteroatoms. The highest BCUT2D eigenvalue weighted by molar-refractivity contribution is 7.80. The van der Waals surface area contributed by atoms with Crippen molar-refractivity contribution < 1.29 is 18.9 Å². The number of rotatable bonds is 7. The second-order valence-corrected chi connectivity index (χ2v) is 8.51. The molecule has 178 valence electrons. The summed E-state index contributed by atoms with van der Waals surface area (Å²) in [5.74, 6) is 2.79. The first-order valence-electron chi connectivity index (χ1n) is 11.2. The first-order valence-corrected chi connectivity index (χ1v) is 11.6. The fourth-order valence-electron chi connectivity index (χ4n) is 4.19. The zero-order valence-corrected chi connectivity index (χ0v) is 20.8. The number of benzene rings is 3. The van der Waals surface area contributed by atoms with Crippen molar-refractivity contribution in [2.24, 2.45) is 0 Å². The Kier molecular flexibility index (Phi) is 7.43. The molecule has 0 radical (unpaired) electrons. The van der Waals surface area contributed by atoms with E-state index in [1.165, 1.54) is 11.1 Å². The van der Waals surface area contributed by atoms with Gasteiger partial charge in [0.15, 0.2) is 28.1 Å². The van der Waals surface area contributed by atoms with Crippen LogP contribution in [0.4, 0.5) is 5.69 Å². The molecule has 0 spiro atoms. The first-order chi connectivity index (χ1) is 16.5. The molecule has 3 aromatic rings. The number of hydrogen-bond donors (Lipinski definition) is 1. The molecular weight excluding hydrogens is 448 g/mol. The summed E-state index contributed by atoms with van der Waals surface area (Å²) < 4.78 is 22.9. The minimum Gasteiger partial charge on any atom is -0.493 e. The number of thiocarbonyl (C=S) groups is 1. The van der Waals surface area contributed by atoms with Gasteiger partial charge in [-0.3, -0.25) is 0 Å². The van der Waals surface area contributed by atoms with Gasteiger partial charge in [0.25, 0.3) is 0 Å². The topological polar surface area (TPSA) is 52.2 Å². The standard InChI is InChI=1S/C27H30N2O4S/c1-18-9-11-20(12-10-18)28-27(34)29-14-13-19-15-25(31-3)26(32-4)16-21(19)22(29)17-33-24-8-6-5-7-23(24)30-2/h5-12,15-16,22H,13-14,17H2,1-4H3,(H,28,34)/t22-/m1/s1. The number of fused-ring (bicyclic) bond motifs is 1. The number of hydrogen-bond acceptors (Lipinski definition) is 5. The monoisotopic (exact) mass is 478 g/mol. The number of aryl methyl sites for hydroxylation is 1. The summed E-state index contributed by atoms with van der Waals surface area (Å²) in [5.41, 5.74) is 4.46. The van der Waals surface area contributed by atoms with E-state index in [1.807, 2.05) is 42.5 Å². The summed E-state index contributed by atoms with van der Waals surface area (Å²) in [6.45, 7) is 3.20. The normalized spacial score (nSPS) is 14.7. The summed E-state index contributed by atoms with van der Waals surface area (Å²) >= 11 is 5.86. The SMILES string of the molecule is COc1cc2c(cc1OC)[C@@H](COc1ccccc1OC)N(C(=S)Nc1ccc(C)cc1)CC2. The fraction of sp³-hybridized carbons (Fsp3) is 0.296. The number of nitrogens with one attached hydrogen (secondary N) is 1. The Balaban J connectivity index is 1.66. The molecule has 0 aromatic heterocycles. The van der Waals surface area contributed by atoms with E-state index in [-0.39, 0.29) is 6.04 Å². The van der Waals surface area contributed by atoms with Crippen LogP contribution >= 0.6 is 12.2 Å². The maximum atomic E-state index is 6.27. The Bertz CT molecular complexity index is 1150. The lowest BCUT2D eigenvalue weighted by atomic mass is 9.92. The van der Waals surface area contributed by atoms with E-state index in [2.05, 4.69) is 35.3 Å². The van der Waals surface area contributed by atoms with Crippen LogP contribution in [0.2, 0.25) is 0 Å². The second kappa shape index (κ2) is 10.7. The average Bonchev–Trinajstić information content (AvgIpc) is 2.87. The number of methoxy groups -OCH3 is 3. The molecule has 1 aliphatic rings. The van der Waals surface area contributed by atoms with Crippen LogP contribution in [0.25, 0.3) is 0 Å². The lowest BCUT2D eigenvalue weighted by Gasteiger charge is -2.39. The van der Waals surface area contributed by atoms with Crippen molar-refractivity contribution >= 4 is 23.0 Å². The van der Waals surface area contributed by atoms with Crippen molar-refractivity contribution in [1.82, 2.24) is 4.90 Å². The summed E-state index contributed by atoms with van der Waals surface area (Å²) in [5, 5.41) is 4.04. The van der Waals surface area contributed by atoms with Crippen LogP contribution in [0.3, 0.4) is 0 Å². The van der Waals surface area contributed by atoms with Crippen LogP contribution in [0.1, 0.15) is 22.7 Å². The molecule has 0 amide bonds. The van der Waals surface area contributed by atoms with Gasteiger partial charge in [-0.2, -0.15) is 0 Å². The third-order valence-electron chi connectivity index (χ3n) is 6.03. The quantitative estimate of drug-likeness (QED) is 0.457. The zero-order chi connectivity index (χ0) is 24.1. The third-order valence-corrected chi connectivity index (χ3v) is 6.37. The predicted octanol–water partition coefficient (Wildman–Crippen LogP) is 5.40.